The molecule has 1 unspecified atom stereocenters. The molecule has 0 spiro atoms. The Morgan fingerprint density at radius 1 is 1.53 bits per heavy atom. The molecule has 1 aromatic heterocycles. The van der Waals surface area contributed by atoms with Gasteiger partial charge in [-0.3, -0.25) is 0 Å². The highest BCUT2D eigenvalue weighted by Crippen LogP contribution is 2.20. The molecule has 0 saturated carbocycles. The van der Waals surface area contributed by atoms with Crippen molar-refractivity contribution in [3.63, 3.8) is 0 Å². The van der Waals surface area contributed by atoms with Gasteiger partial charge in [-0.1, -0.05) is 18.7 Å². The maximum Gasteiger partial charge on any atom is 0.169 e. The van der Waals surface area contributed by atoms with Crippen molar-refractivity contribution in [3.8, 4) is 0 Å². The summed E-state index contributed by atoms with van der Waals surface area (Å²) in [6.07, 6.45) is 1.62. The van der Waals surface area contributed by atoms with E-state index in [4.69, 9.17) is 0 Å². The Kier molecular flexibility index (Phi) is 5.02. The van der Waals surface area contributed by atoms with Crippen LogP contribution in [-0.2, 0) is 0 Å². The molecule has 0 radical (unpaired) electrons. The molecule has 86 valence electrons. The Bertz CT molecular complexity index is 267. The summed E-state index contributed by atoms with van der Waals surface area (Å²) < 4.78 is 5.05. The lowest BCUT2D eigenvalue weighted by atomic mass is 10.1. The van der Waals surface area contributed by atoms with E-state index in [1.807, 2.05) is 0 Å². The summed E-state index contributed by atoms with van der Waals surface area (Å²) in [6.45, 7) is 9.88. The normalized spacial score (nSPS) is 14.1. The van der Waals surface area contributed by atoms with Crippen molar-refractivity contribution in [2.45, 2.75) is 37.6 Å². The Labute approximate surface area is 100 Å². The fourth-order valence-corrected chi connectivity index (χ4v) is 2.47. The predicted molar refractivity (Wildman–Crippen MR) is 67.6 cm³/mol. The number of nitrogens with zero attached hydrogens (tertiary/aromatic N) is 2. The van der Waals surface area contributed by atoms with Gasteiger partial charge in [0.25, 0.3) is 0 Å². The average Bonchev–Trinajstić information content (AvgIpc) is 2.62. The van der Waals surface area contributed by atoms with E-state index in [9.17, 15) is 0 Å². The molecule has 0 aliphatic heterocycles. The Morgan fingerprint density at radius 3 is 2.80 bits per heavy atom. The monoisotopic (exact) mass is 245 g/mol. The molecular weight excluding hydrogens is 226 g/mol. The second-order valence-corrected chi connectivity index (χ2v) is 6.80. The van der Waals surface area contributed by atoms with Crippen molar-refractivity contribution in [2.24, 2.45) is 5.92 Å². The molecule has 0 saturated heterocycles. The molecule has 0 amide bonds. The molecule has 0 aromatic carbocycles. The van der Waals surface area contributed by atoms with Crippen LogP contribution >= 0.6 is 23.3 Å². The van der Waals surface area contributed by atoms with E-state index in [0.29, 0.717) is 5.92 Å². The number of thioether (sulfide) groups is 1. The predicted octanol–water partition coefficient (Wildman–Crippen LogP) is 2.65. The number of nitrogens with one attached hydrogen (secondary N) is 1. The van der Waals surface area contributed by atoms with Gasteiger partial charge in [0.05, 0.1) is 0 Å². The van der Waals surface area contributed by atoms with E-state index in [0.717, 1.165) is 16.6 Å². The minimum absolute atomic E-state index is 0.210. The third-order valence-corrected chi connectivity index (χ3v) is 3.94. The number of rotatable bonds is 5. The summed E-state index contributed by atoms with van der Waals surface area (Å²) in [7, 11) is 0. The van der Waals surface area contributed by atoms with Crippen molar-refractivity contribution in [2.75, 3.05) is 12.3 Å². The molecule has 15 heavy (non-hydrogen) atoms. The van der Waals surface area contributed by atoms with Gasteiger partial charge >= 0.3 is 0 Å². The van der Waals surface area contributed by atoms with Crippen molar-refractivity contribution in [3.05, 3.63) is 6.33 Å². The standard InChI is InChI=1S/C10H19N3S2/c1-8(5-12-10(2,3)4)6-14-9-11-7-13-15-9/h7-8,12H,5-6H2,1-4H3. The van der Waals surface area contributed by atoms with Gasteiger partial charge in [-0.15, -0.1) is 0 Å². The SMILES string of the molecule is CC(CNC(C)(C)C)CSc1ncns1. The van der Waals surface area contributed by atoms with Gasteiger partial charge in [-0.25, -0.2) is 4.98 Å². The molecular formula is C10H19N3S2. The van der Waals surface area contributed by atoms with Gasteiger partial charge in [-0.2, -0.15) is 4.37 Å². The molecule has 1 heterocycles. The van der Waals surface area contributed by atoms with Crippen LogP contribution in [0.2, 0.25) is 0 Å². The molecule has 3 nitrogen and oxygen atoms in total. The highest BCUT2D eigenvalue weighted by Gasteiger charge is 2.11. The third kappa shape index (κ3) is 6.12. The van der Waals surface area contributed by atoms with Crippen LogP contribution < -0.4 is 5.32 Å². The van der Waals surface area contributed by atoms with Crippen LogP contribution in [0.5, 0.6) is 0 Å². The summed E-state index contributed by atoms with van der Waals surface area (Å²) in [5, 5.41) is 3.51. The number of aromatic nitrogens is 2. The topological polar surface area (TPSA) is 37.8 Å². The van der Waals surface area contributed by atoms with Gasteiger partial charge in [0, 0.05) is 11.3 Å². The zero-order valence-electron chi connectivity index (χ0n) is 9.78. The Morgan fingerprint density at radius 2 is 2.27 bits per heavy atom. The molecule has 0 aliphatic carbocycles. The molecule has 1 aromatic rings. The smallest absolute Gasteiger partial charge is 0.169 e. The van der Waals surface area contributed by atoms with E-state index in [2.05, 4.69) is 42.4 Å². The second-order valence-electron chi connectivity index (χ2n) is 4.75. The van der Waals surface area contributed by atoms with Crippen LogP contribution in [0.3, 0.4) is 0 Å². The average molecular weight is 245 g/mol. The first-order valence-electron chi connectivity index (χ1n) is 5.12. The van der Waals surface area contributed by atoms with Crippen LogP contribution in [0.1, 0.15) is 27.7 Å². The van der Waals surface area contributed by atoms with Gasteiger partial charge < -0.3 is 5.32 Å². The van der Waals surface area contributed by atoms with Crippen LogP contribution in [0.15, 0.2) is 10.7 Å². The first-order chi connectivity index (χ1) is 6.97. The summed E-state index contributed by atoms with van der Waals surface area (Å²) in [5.41, 5.74) is 0.210. The van der Waals surface area contributed by atoms with E-state index < -0.39 is 0 Å². The maximum absolute atomic E-state index is 4.15. The highest BCUT2D eigenvalue weighted by molar-refractivity contribution is 8.00. The lowest BCUT2D eigenvalue weighted by molar-refractivity contribution is 0.395. The van der Waals surface area contributed by atoms with Gasteiger partial charge in [-0.05, 0) is 44.8 Å². The van der Waals surface area contributed by atoms with Gasteiger partial charge in [0.1, 0.15) is 6.33 Å². The van der Waals surface area contributed by atoms with Crippen LogP contribution in [0, 0.1) is 5.92 Å². The molecule has 1 atom stereocenters. The van der Waals surface area contributed by atoms with Crippen molar-refractivity contribution >= 4 is 23.3 Å². The highest BCUT2D eigenvalue weighted by atomic mass is 32.2. The maximum atomic E-state index is 4.15. The largest absolute Gasteiger partial charge is 0.312 e. The summed E-state index contributed by atoms with van der Waals surface area (Å²) in [4.78, 5) is 4.15. The summed E-state index contributed by atoms with van der Waals surface area (Å²) in [6, 6.07) is 0. The van der Waals surface area contributed by atoms with E-state index in [1.54, 1.807) is 18.1 Å². The van der Waals surface area contributed by atoms with Crippen LogP contribution in [0.25, 0.3) is 0 Å². The minimum atomic E-state index is 0.210. The van der Waals surface area contributed by atoms with Crippen molar-refractivity contribution in [1.29, 1.82) is 0 Å². The summed E-state index contributed by atoms with van der Waals surface area (Å²) in [5.74, 6) is 1.75. The van der Waals surface area contributed by atoms with Crippen molar-refractivity contribution < 1.29 is 0 Å². The van der Waals surface area contributed by atoms with E-state index in [1.165, 1.54) is 11.5 Å². The Balaban J connectivity index is 2.16. The van der Waals surface area contributed by atoms with Crippen LogP contribution in [-0.4, -0.2) is 27.2 Å². The summed E-state index contributed by atoms with van der Waals surface area (Å²) >= 11 is 3.26. The van der Waals surface area contributed by atoms with Gasteiger partial charge in [0.2, 0.25) is 0 Å². The minimum Gasteiger partial charge on any atom is -0.312 e. The number of hydrogen-bond donors (Lipinski definition) is 1. The van der Waals surface area contributed by atoms with Crippen molar-refractivity contribution in [1.82, 2.24) is 14.7 Å². The first-order valence-corrected chi connectivity index (χ1v) is 6.88. The van der Waals surface area contributed by atoms with E-state index in [-0.39, 0.29) is 5.54 Å². The molecule has 0 bridgehead atoms. The first kappa shape index (κ1) is 12.9. The fraction of sp³-hybridized carbons (Fsp3) is 0.800. The van der Waals surface area contributed by atoms with Crippen LogP contribution in [0.4, 0.5) is 0 Å². The number of hydrogen-bond acceptors (Lipinski definition) is 5. The lowest BCUT2D eigenvalue weighted by Crippen LogP contribution is -2.39. The third-order valence-electron chi connectivity index (χ3n) is 1.81. The second kappa shape index (κ2) is 5.82. The molecule has 0 aliphatic rings. The Hall–Kier alpha value is -0.130. The zero-order chi connectivity index (χ0) is 11.3. The zero-order valence-corrected chi connectivity index (χ0v) is 11.4. The molecule has 5 heteroatoms. The fourth-order valence-electron chi connectivity index (χ4n) is 0.979. The van der Waals surface area contributed by atoms with E-state index >= 15 is 0 Å². The molecule has 0 fully saturated rings. The van der Waals surface area contributed by atoms with Gasteiger partial charge in [0.15, 0.2) is 4.34 Å². The molecule has 1 rings (SSSR count). The molecule has 1 N–H and O–H groups in total. The quantitative estimate of drug-likeness (QED) is 0.809. The lowest BCUT2D eigenvalue weighted by Gasteiger charge is -2.23.